The van der Waals surface area contributed by atoms with Gasteiger partial charge in [-0.05, 0) is 63.1 Å². The Morgan fingerprint density at radius 3 is 2.41 bits per heavy atom. The van der Waals surface area contributed by atoms with Crippen LogP contribution in [0.15, 0.2) is 91.4 Å². The number of benzene rings is 3. The highest BCUT2D eigenvalue weighted by Crippen LogP contribution is 2.36. The lowest BCUT2D eigenvalue weighted by atomic mass is 10.0. The third-order valence-electron chi connectivity index (χ3n) is 7.96. The highest BCUT2D eigenvalue weighted by atomic mass is 16.6. The van der Waals surface area contributed by atoms with Crippen molar-refractivity contribution in [2.24, 2.45) is 0 Å². The molecular weight excluding hydrogens is 576 g/mol. The molecule has 0 saturated carbocycles. The zero-order valence-corrected chi connectivity index (χ0v) is 27.0. The van der Waals surface area contributed by atoms with Crippen molar-refractivity contribution in [1.82, 2.24) is 29.3 Å². The number of nitrogens with zero attached hydrogens (tertiary/aromatic N) is 7. The number of nitrogen functional groups attached to an aromatic ring is 1. The number of anilines is 2. The van der Waals surface area contributed by atoms with Gasteiger partial charge in [0.2, 0.25) is 0 Å². The molecule has 0 radical (unpaired) electrons. The lowest BCUT2D eigenvalue weighted by molar-refractivity contribution is 0.0303. The first-order valence-corrected chi connectivity index (χ1v) is 15.5. The molecule has 6 aromatic rings. The summed E-state index contributed by atoms with van der Waals surface area (Å²) in [5.41, 5.74) is 13.7. The van der Waals surface area contributed by atoms with Gasteiger partial charge >= 0.3 is 6.09 Å². The number of hydrogen-bond donors (Lipinski definition) is 1. The summed E-state index contributed by atoms with van der Waals surface area (Å²) in [7, 11) is 1.77. The summed E-state index contributed by atoms with van der Waals surface area (Å²) < 4.78 is 9.33. The van der Waals surface area contributed by atoms with Crippen molar-refractivity contribution in [2.45, 2.75) is 39.8 Å². The number of nitrogens with two attached hydrogens (primary N) is 1. The van der Waals surface area contributed by atoms with E-state index in [9.17, 15) is 4.79 Å². The molecule has 0 unspecified atom stereocenters. The number of carbonyl (C=O) groups excluding carboxylic acids is 1. The first-order valence-electron chi connectivity index (χ1n) is 15.5. The Bertz CT molecular complexity index is 1970. The molecule has 10 heteroatoms. The molecule has 0 fully saturated rings. The summed E-state index contributed by atoms with van der Waals surface area (Å²) in [6, 6.07) is 27.1. The molecule has 0 bridgehead atoms. The smallest absolute Gasteiger partial charge is 0.410 e. The highest BCUT2D eigenvalue weighted by Gasteiger charge is 2.21. The van der Waals surface area contributed by atoms with Crippen LogP contribution in [0, 0.1) is 0 Å². The van der Waals surface area contributed by atoms with E-state index >= 15 is 0 Å². The Morgan fingerprint density at radius 1 is 0.957 bits per heavy atom. The van der Waals surface area contributed by atoms with Crippen molar-refractivity contribution < 1.29 is 9.53 Å². The topological polar surface area (TPSA) is 107 Å². The molecule has 0 saturated heterocycles. The van der Waals surface area contributed by atoms with Crippen LogP contribution in [0.4, 0.5) is 16.3 Å². The van der Waals surface area contributed by atoms with E-state index in [-0.39, 0.29) is 6.09 Å². The van der Waals surface area contributed by atoms with Gasteiger partial charge in [-0.2, -0.15) is 10.2 Å². The minimum Gasteiger partial charge on any atom is -0.444 e. The Morgan fingerprint density at radius 2 is 1.70 bits per heavy atom. The zero-order valence-electron chi connectivity index (χ0n) is 27.0. The number of hydrogen-bond acceptors (Lipinski definition) is 7. The van der Waals surface area contributed by atoms with Crippen LogP contribution in [0.25, 0.3) is 38.8 Å². The molecule has 236 valence electrons. The van der Waals surface area contributed by atoms with Gasteiger partial charge in [0, 0.05) is 55.1 Å². The van der Waals surface area contributed by atoms with Gasteiger partial charge in [-0.15, -0.1) is 0 Å². The Balaban J connectivity index is 1.26. The number of likely N-dealkylation sites (N-methyl/N-ethyl adjacent to an activating group) is 2. The molecular formula is C36H40N8O2. The second-order valence-electron chi connectivity index (χ2n) is 12.5. The molecule has 0 aliphatic carbocycles. The van der Waals surface area contributed by atoms with E-state index in [1.807, 2.05) is 48.2 Å². The molecule has 6 rings (SSSR count). The van der Waals surface area contributed by atoms with Crippen molar-refractivity contribution in [1.29, 1.82) is 0 Å². The number of ether oxygens (including phenoxy) is 1. The van der Waals surface area contributed by atoms with Crippen molar-refractivity contribution in [2.75, 3.05) is 37.3 Å². The standard InChI is InChI=1S/C36H40N8O2/c1-6-42(19-18-41(5)35(45)46-36(2,3)4)29-16-14-26(15-17-29)32-21-30(33-34(37)38-24-39-44(32)33)27-12-13-28-23-43(40-31(28)20-27)22-25-10-8-7-9-11-25/h7-17,20-21,23-24H,6,18-19,22H2,1-5H3,(H2,37,38,39). The molecule has 0 spiro atoms. The van der Waals surface area contributed by atoms with Gasteiger partial charge in [-0.1, -0.05) is 54.6 Å². The molecule has 46 heavy (non-hydrogen) atoms. The summed E-state index contributed by atoms with van der Waals surface area (Å²) in [6.07, 6.45) is 3.23. The molecule has 2 N–H and O–H groups in total. The first-order chi connectivity index (χ1) is 22.1. The van der Waals surface area contributed by atoms with Crippen LogP contribution in [0.1, 0.15) is 33.3 Å². The normalized spacial score (nSPS) is 11.7. The summed E-state index contributed by atoms with van der Waals surface area (Å²) in [6.45, 7) is 10.4. The third kappa shape index (κ3) is 6.51. The van der Waals surface area contributed by atoms with Crippen molar-refractivity contribution in [3.8, 4) is 22.4 Å². The Hall–Kier alpha value is -5.38. The maximum absolute atomic E-state index is 12.4. The fourth-order valence-corrected chi connectivity index (χ4v) is 5.59. The van der Waals surface area contributed by atoms with Gasteiger partial charge in [0.25, 0.3) is 0 Å². The molecule has 0 aliphatic heterocycles. The van der Waals surface area contributed by atoms with E-state index in [1.54, 1.807) is 11.9 Å². The van der Waals surface area contributed by atoms with Gasteiger partial charge in [-0.3, -0.25) is 4.68 Å². The van der Waals surface area contributed by atoms with Crippen molar-refractivity contribution >= 4 is 34.0 Å². The monoisotopic (exact) mass is 616 g/mol. The van der Waals surface area contributed by atoms with Gasteiger partial charge < -0.3 is 20.3 Å². The van der Waals surface area contributed by atoms with Crippen LogP contribution in [0.2, 0.25) is 0 Å². The average Bonchev–Trinajstić information content (AvgIpc) is 3.63. The number of rotatable bonds is 9. The second-order valence-corrected chi connectivity index (χ2v) is 12.5. The SMILES string of the molecule is CCN(CCN(C)C(=O)OC(C)(C)C)c1ccc(-c2cc(-c3ccc4cn(Cc5ccccc5)nc4c3)c3c(N)ncnn23)cc1. The van der Waals surface area contributed by atoms with Crippen LogP contribution in [-0.4, -0.2) is 67.7 Å². The molecule has 3 aromatic carbocycles. The van der Waals surface area contributed by atoms with Crippen LogP contribution in [0.3, 0.4) is 0 Å². The van der Waals surface area contributed by atoms with Crippen LogP contribution >= 0.6 is 0 Å². The van der Waals surface area contributed by atoms with Crippen molar-refractivity contribution in [3.63, 3.8) is 0 Å². The molecule has 1 amide bonds. The summed E-state index contributed by atoms with van der Waals surface area (Å²) in [4.78, 5) is 20.6. The number of fused-ring (bicyclic) bond motifs is 2. The van der Waals surface area contributed by atoms with Gasteiger partial charge in [0.15, 0.2) is 5.82 Å². The Kier molecular flexibility index (Phi) is 8.36. The van der Waals surface area contributed by atoms with E-state index in [1.165, 1.54) is 11.9 Å². The maximum atomic E-state index is 12.4. The third-order valence-corrected chi connectivity index (χ3v) is 7.96. The lowest BCUT2D eigenvalue weighted by Gasteiger charge is -2.28. The lowest BCUT2D eigenvalue weighted by Crippen LogP contribution is -2.39. The summed E-state index contributed by atoms with van der Waals surface area (Å²) in [5, 5.41) is 10.5. The van der Waals surface area contributed by atoms with Crippen LogP contribution in [0.5, 0.6) is 0 Å². The second kappa shape index (κ2) is 12.5. The fraction of sp³-hybridized carbons (Fsp3) is 0.278. The van der Waals surface area contributed by atoms with E-state index < -0.39 is 5.60 Å². The molecule has 3 heterocycles. The average molecular weight is 617 g/mol. The predicted molar refractivity (Wildman–Crippen MR) is 184 cm³/mol. The predicted octanol–water partition coefficient (Wildman–Crippen LogP) is 6.74. The van der Waals surface area contributed by atoms with E-state index in [2.05, 4.69) is 88.8 Å². The minimum atomic E-state index is -0.526. The van der Waals surface area contributed by atoms with Crippen LogP contribution in [-0.2, 0) is 11.3 Å². The fourth-order valence-electron chi connectivity index (χ4n) is 5.59. The van der Waals surface area contributed by atoms with E-state index in [0.29, 0.717) is 25.5 Å². The number of carbonyl (C=O) groups is 1. The first kappa shape index (κ1) is 30.6. The largest absolute Gasteiger partial charge is 0.444 e. The number of amides is 1. The number of aromatic nitrogens is 5. The molecule has 3 aromatic heterocycles. The van der Waals surface area contributed by atoms with Crippen molar-refractivity contribution in [3.05, 3.63) is 97.0 Å². The van der Waals surface area contributed by atoms with E-state index in [4.69, 9.17) is 15.6 Å². The Labute approximate surface area is 269 Å². The molecule has 0 aliphatic rings. The van der Waals surface area contributed by atoms with E-state index in [0.717, 1.165) is 51.0 Å². The summed E-state index contributed by atoms with van der Waals surface area (Å²) in [5.74, 6) is 0.411. The highest BCUT2D eigenvalue weighted by molar-refractivity contribution is 5.95. The maximum Gasteiger partial charge on any atom is 0.410 e. The zero-order chi connectivity index (χ0) is 32.4. The molecule has 0 atom stereocenters. The summed E-state index contributed by atoms with van der Waals surface area (Å²) >= 11 is 0. The van der Waals surface area contributed by atoms with Gasteiger partial charge in [-0.25, -0.2) is 14.3 Å². The van der Waals surface area contributed by atoms with Crippen LogP contribution < -0.4 is 10.6 Å². The van der Waals surface area contributed by atoms with Gasteiger partial charge in [0.05, 0.1) is 17.8 Å². The van der Waals surface area contributed by atoms with Gasteiger partial charge in [0.1, 0.15) is 17.4 Å². The molecule has 10 nitrogen and oxygen atoms in total. The minimum absolute atomic E-state index is 0.323. The quantitative estimate of drug-likeness (QED) is 0.192.